The summed E-state index contributed by atoms with van der Waals surface area (Å²) in [5.41, 5.74) is 2.22. The molecule has 2 aromatic rings. The molecule has 1 aliphatic rings. The minimum Gasteiger partial charge on any atom is -0.305 e. The van der Waals surface area contributed by atoms with E-state index < -0.39 is 5.41 Å². The largest absolute Gasteiger partial charge is 0.305 e. The number of rotatable bonds is 2. The molecular formula is C16H21N3O2. The summed E-state index contributed by atoms with van der Waals surface area (Å²) < 4.78 is 3.19. The highest BCUT2D eigenvalue weighted by molar-refractivity contribution is 5.83. The summed E-state index contributed by atoms with van der Waals surface area (Å²) in [6.45, 7) is 5.75. The van der Waals surface area contributed by atoms with Gasteiger partial charge in [-0.2, -0.15) is 5.10 Å². The molecule has 0 bridgehead atoms. The molecule has 0 aliphatic heterocycles. The van der Waals surface area contributed by atoms with Gasteiger partial charge in [-0.05, 0) is 25.7 Å². The number of fused-ring (bicyclic) bond motifs is 3. The van der Waals surface area contributed by atoms with Crippen molar-refractivity contribution >= 4 is 11.3 Å². The molecule has 0 spiro atoms. The van der Waals surface area contributed by atoms with Crippen LogP contribution in [-0.4, -0.2) is 20.0 Å². The van der Waals surface area contributed by atoms with Crippen molar-refractivity contribution in [1.82, 2.24) is 14.2 Å². The standard InChI is InChI=1S/C16H21N3O2/c1-16(2,3)13(20)10-18-8-9-19-14(15(18)21)11-6-4-5-7-12(11)17-19/h8-9H,4-7,10H2,1-3H3. The lowest BCUT2D eigenvalue weighted by Crippen LogP contribution is -2.31. The predicted octanol–water partition coefficient (Wildman–Crippen LogP) is 1.99. The molecule has 0 N–H and O–H groups in total. The molecule has 0 atom stereocenters. The number of aryl methyl sites for hydroxylation is 2. The monoisotopic (exact) mass is 287 g/mol. The van der Waals surface area contributed by atoms with E-state index in [9.17, 15) is 9.59 Å². The van der Waals surface area contributed by atoms with Gasteiger partial charge in [-0.15, -0.1) is 0 Å². The first-order valence-corrected chi connectivity index (χ1v) is 7.51. The second-order valence-corrected chi connectivity index (χ2v) is 6.83. The molecular weight excluding hydrogens is 266 g/mol. The lowest BCUT2D eigenvalue weighted by atomic mass is 9.91. The van der Waals surface area contributed by atoms with Gasteiger partial charge in [0.25, 0.3) is 5.56 Å². The highest BCUT2D eigenvalue weighted by Crippen LogP contribution is 2.22. The number of Topliss-reactive ketones (excluding diaryl/α,β-unsaturated/α-hetero) is 1. The Kier molecular flexibility index (Phi) is 3.23. The summed E-state index contributed by atoms with van der Waals surface area (Å²) in [5, 5.41) is 4.50. The number of hydrogen-bond donors (Lipinski definition) is 0. The Labute approximate surface area is 123 Å². The summed E-state index contributed by atoms with van der Waals surface area (Å²) in [7, 11) is 0. The van der Waals surface area contributed by atoms with Gasteiger partial charge in [0, 0.05) is 23.4 Å². The van der Waals surface area contributed by atoms with E-state index in [2.05, 4.69) is 5.10 Å². The Morgan fingerprint density at radius 2 is 1.95 bits per heavy atom. The minimum atomic E-state index is -0.439. The predicted molar refractivity (Wildman–Crippen MR) is 80.6 cm³/mol. The highest BCUT2D eigenvalue weighted by Gasteiger charge is 2.23. The lowest BCUT2D eigenvalue weighted by Gasteiger charge is -2.17. The van der Waals surface area contributed by atoms with Crippen molar-refractivity contribution in [1.29, 1.82) is 0 Å². The Morgan fingerprint density at radius 3 is 2.67 bits per heavy atom. The van der Waals surface area contributed by atoms with Gasteiger partial charge in [0.15, 0.2) is 5.78 Å². The average Bonchev–Trinajstić information content (AvgIpc) is 2.79. The molecule has 0 fully saturated rings. The molecule has 0 amide bonds. The fourth-order valence-electron chi connectivity index (χ4n) is 2.77. The van der Waals surface area contributed by atoms with E-state index in [-0.39, 0.29) is 17.9 Å². The molecule has 1 aliphatic carbocycles. The zero-order valence-corrected chi connectivity index (χ0v) is 12.8. The number of ketones is 1. The average molecular weight is 287 g/mol. The van der Waals surface area contributed by atoms with E-state index >= 15 is 0 Å². The summed E-state index contributed by atoms with van der Waals surface area (Å²) >= 11 is 0. The molecule has 0 aromatic carbocycles. The SMILES string of the molecule is CC(C)(C)C(=O)Cn1ccn2nc3c(c2c1=O)CCCC3. The summed E-state index contributed by atoms with van der Waals surface area (Å²) in [5.74, 6) is 0.0577. The third kappa shape index (κ3) is 2.41. The number of carbonyl (C=O) groups excluding carboxylic acids is 1. The molecule has 0 radical (unpaired) electrons. The smallest absolute Gasteiger partial charge is 0.277 e. The number of nitrogens with zero attached hydrogens (tertiary/aromatic N) is 3. The molecule has 0 saturated carbocycles. The van der Waals surface area contributed by atoms with Gasteiger partial charge >= 0.3 is 0 Å². The van der Waals surface area contributed by atoms with Crippen LogP contribution in [0.25, 0.3) is 5.52 Å². The Balaban J connectivity index is 2.08. The fraction of sp³-hybridized carbons (Fsp3) is 0.562. The van der Waals surface area contributed by atoms with Crippen LogP contribution < -0.4 is 5.56 Å². The van der Waals surface area contributed by atoms with Gasteiger partial charge < -0.3 is 4.57 Å². The zero-order valence-electron chi connectivity index (χ0n) is 12.8. The first kappa shape index (κ1) is 14.0. The van der Waals surface area contributed by atoms with Crippen LogP contribution in [0.4, 0.5) is 0 Å². The normalized spacial score (nSPS) is 15.2. The Morgan fingerprint density at radius 1 is 1.24 bits per heavy atom. The Hall–Kier alpha value is -1.91. The van der Waals surface area contributed by atoms with Crippen LogP contribution >= 0.6 is 0 Å². The molecule has 2 heterocycles. The number of aromatic nitrogens is 3. The van der Waals surface area contributed by atoms with Crippen LogP contribution in [0.15, 0.2) is 17.2 Å². The molecule has 21 heavy (non-hydrogen) atoms. The molecule has 112 valence electrons. The van der Waals surface area contributed by atoms with E-state index in [1.54, 1.807) is 16.9 Å². The van der Waals surface area contributed by atoms with Crippen molar-refractivity contribution in [2.45, 2.75) is 53.0 Å². The van der Waals surface area contributed by atoms with Crippen LogP contribution in [0.3, 0.4) is 0 Å². The maximum absolute atomic E-state index is 12.7. The third-order valence-corrected chi connectivity index (χ3v) is 4.18. The van der Waals surface area contributed by atoms with Gasteiger partial charge in [-0.3, -0.25) is 9.59 Å². The summed E-state index contributed by atoms with van der Waals surface area (Å²) in [6, 6.07) is 0. The van der Waals surface area contributed by atoms with Crippen molar-refractivity contribution in [3.8, 4) is 0 Å². The van der Waals surface area contributed by atoms with Crippen molar-refractivity contribution in [2.75, 3.05) is 0 Å². The van der Waals surface area contributed by atoms with E-state index in [0.29, 0.717) is 5.52 Å². The quantitative estimate of drug-likeness (QED) is 0.848. The van der Waals surface area contributed by atoms with Gasteiger partial charge in [0.1, 0.15) is 5.52 Å². The lowest BCUT2D eigenvalue weighted by molar-refractivity contribution is -0.126. The number of hydrogen-bond acceptors (Lipinski definition) is 3. The summed E-state index contributed by atoms with van der Waals surface area (Å²) in [6.07, 6.45) is 7.53. The van der Waals surface area contributed by atoms with Crippen LogP contribution in [0.2, 0.25) is 0 Å². The summed E-state index contributed by atoms with van der Waals surface area (Å²) in [4.78, 5) is 24.8. The van der Waals surface area contributed by atoms with E-state index in [4.69, 9.17) is 0 Å². The zero-order chi connectivity index (χ0) is 15.2. The van der Waals surface area contributed by atoms with Gasteiger partial charge in [0.2, 0.25) is 0 Å². The van der Waals surface area contributed by atoms with Gasteiger partial charge in [0.05, 0.1) is 12.2 Å². The molecule has 2 aromatic heterocycles. The van der Waals surface area contributed by atoms with E-state index in [0.717, 1.165) is 36.9 Å². The van der Waals surface area contributed by atoms with Crippen molar-refractivity contribution in [3.63, 3.8) is 0 Å². The van der Waals surface area contributed by atoms with Crippen LogP contribution in [0.5, 0.6) is 0 Å². The van der Waals surface area contributed by atoms with E-state index in [1.165, 1.54) is 4.57 Å². The van der Waals surface area contributed by atoms with Crippen molar-refractivity contribution < 1.29 is 4.79 Å². The molecule has 3 rings (SSSR count). The first-order chi connectivity index (χ1) is 9.88. The topological polar surface area (TPSA) is 56.4 Å². The van der Waals surface area contributed by atoms with Gasteiger partial charge in [-0.1, -0.05) is 20.8 Å². The molecule has 5 heteroatoms. The highest BCUT2D eigenvalue weighted by atomic mass is 16.1. The maximum atomic E-state index is 12.7. The second-order valence-electron chi connectivity index (χ2n) is 6.83. The fourth-order valence-corrected chi connectivity index (χ4v) is 2.77. The van der Waals surface area contributed by atoms with Crippen molar-refractivity contribution in [3.05, 3.63) is 34.0 Å². The first-order valence-electron chi connectivity index (χ1n) is 7.51. The minimum absolute atomic E-state index is 0.0577. The van der Waals surface area contributed by atoms with Crippen molar-refractivity contribution in [2.24, 2.45) is 5.41 Å². The van der Waals surface area contributed by atoms with Crippen LogP contribution in [0, 0.1) is 5.41 Å². The van der Waals surface area contributed by atoms with Gasteiger partial charge in [-0.25, -0.2) is 4.52 Å². The van der Waals surface area contributed by atoms with Crippen LogP contribution in [-0.2, 0) is 24.2 Å². The second kappa shape index (κ2) is 4.83. The molecule has 0 unspecified atom stereocenters. The molecule has 5 nitrogen and oxygen atoms in total. The van der Waals surface area contributed by atoms with Crippen LogP contribution in [0.1, 0.15) is 44.9 Å². The maximum Gasteiger partial charge on any atom is 0.277 e. The molecule has 0 saturated heterocycles. The number of carbonyl (C=O) groups is 1. The Bertz CT molecular complexity index is 762. The van der Waals surface area contributed by atoms with E-state index in [1.807, 2.05) is 20.8 Å². The third-order valence-electron chi connectivity index (χ3n) is 4.18.